The van der Waals surface area contributed by atoms with Crippen molar-refractivity contribution in [3.8, 4) is 0 Å². The van der Waals surface area contributed by atoms with E-state index in [1.165, 1.54) is 0 Å². The van der Waals surface area contributed by atoms with Crippen molar-refractivity contribution in [3.05, 3.63) is 69.7 Å². The van der Waals surface area contributed by atoms with Crippen LogP contribution in [0.4, 0.5) is 0 Å². The van der Waals surface area contributed by atoms with Crippen molar-refractivity contribution in [1.29, 1.82) is 0 Å². The minimum atomic E-state index is -1.67. The minimum Gasteiger partial charge on any atom is -0.459 e. The lowest BCUT2D eigenvalue weighted by Gasteiger charge is -2.19. The van der Waals surface area contributed by atoms with Crippen LogP contribution in [-0.4, -0.2) is 23.0 Å². The van der Waals surface area contributed by atoms with E-state index in [0.717, 1.165) is 5.56 Å². The van der Waals surface area contributed by atoms with Gasteiger partial charge in [-0.25, -0.2) is 4.79 Å². The molecule has 0 aliphatic heterocycles. The molecular weight excluding hydrogens is 429 g/mol. The molecule has 0 aliphatic rings. The van der Waals surface area contributed by atoms with Gasteiger partial charge in [-0.15, -0.1) is 0 Å². The maximum absolute atomic E-state index is 11.8. The van der Waals surface area contributed by atoms with Crippen LogP contribution in [0.5, 0.6) is 0 Å². The summed E-state index contributed by atoms with van der Waals surface area (Å²) in [5.41, 5.74) is 1.54. The predicted molar refractivity (Wildman–Crippen MR) is 102 cm³/mol. The highest BCUT2D eigenvalue weighted by Crippen LogP contribution is 2.31. The summed E-state index contributed by atoms with van der Waals surface area (Å²) in [5, 5.41) is 0.927. The molecule has 0 aliphatic carbocycles. The van der Waals surface area contributed by atoms with E-state index in [1.807, 2.05) is 30.3 Å². The number of carbonyl (C=O) groups is 1. The van der Waals surface area contributed by atoms with E-state index in [0.29, 0.717) is 15.6 Å². The topological polar surface area (TPSA) is 35.5 Å². The number of benzene rings is 2. The zero-order valence-corrected chi connectivity index (χ0v) is 16.5. The molecule has 0 bridgehead atoms. The van der Waals surface area contributed by atoms with Crippen molar-refractivity contribution < 1.29 is 14.3 Å². The fourth-order valence-corrected chi connectivity index (χ4v) is 2.80. The Morgan fingerprint density at radius 3 is 2.12 bits per heavy atom. The Labute approximate surface area is 170 Å². The van der Waals surface area contributed by atoms with E-state index in [-0.39, 0.29) is 13.2 Å². The first-order valence-corrected chi connectivity index (χ1v) is 8.98. The van der Waals surface area contributed by atoms with Gasteiger partial charge in [-0.1, -0.05) is 88.3 Å². The molecule has 0 fully saturated rings. The fourth-order valence-electron chi connectivity index (χ4n) is 2.09. The zero-order valence-electron chi connectivity index (χ0n) is 12.7. The molecule has 0 heterocycles. The van der Waals surface area contributed by atoms with E-state index >= 15 is 0 Å². The Bertz CT molecular complexity index is 696. The molecule has 134 valence electrons. The first-order chi connectivity index (χ1) is 11.7. The quantitative estimate of drug-likeness (QED) is 0.406. The molecule has 0 saturated carbocycles. The molecule has 0 aromatic heterocycles. The Morgan fingerprint density at radius 1 is 0.960 bits per heavy atom. The number of rotatable bonds is 6. The Morgan fingerprint density at radius 2 is 1.56 bits per heavy atom. The van der Waals surface area contributed by atoms with E-state index in [2.05, 4.69) is 0 Å². The molecular formula is C17H13Cl5O3. The smallest absolute Gasteiger partial charge is 0.332 e. The first kappa shape index (κ1) is 20.6. The number of alkyl halides is 3. The van der Waals surface area contributed by atoms with Gasteiger partial charge in [0, 0.05) is 10.0 Å². The summed E-state index contributed by atoms with van der Waals surface area (Å²) in [7, 11) is 0. The average molecular weight is 443 g/mol. The van der Waals surface area contributed by atoms with Crippen molar-refractivity contribution in [1.82, 2.24) is 0 Å². The summed E-state index contributed by atoms with van der Waals surface area (Å²) in [6, 6.07) is 14.4. The van der Waals surface area contributed by atoms with Crippen LogP contribution in [0.25, 0.3) is 0 Å². The van der Waals surface area contributed by atoms with Gasteiger partial charge in [0.1, 0.15) is 19.3 Å². The molecule has 25 heavy (non-hydrogen) atoms. The second-order valence-electron chi connectivity index (χ2n) is 5.08. The molecule has 0 N–H and O–H groups in total. The van der Waals surface area contributed by atoms with E-state index in [1.54, 1.807) is 18.2 Å². The van der Waals surface area contributed by atoms with Crippen LogP contribution in [0.15, 0.2) is 48.5 Å². The SMILES string of the molecule is O=C(COC(c1ccccc1)c1cc(Cl)cc(Cl)c1)OCC(Cl)(Cl)Cl. The van der Waals surface area contributed by atoms with Gasteiger partial charge in [-0.2, -0.15) is 0 Å². The third kappa shape index (κ3) is 7.22. The summed E-state index contributed by atoms with van der Waals surface area (Å²) in [5.74, 6) is -0.652. The molecule has 1 atom stereocenters. The summed E-state index contributed by atoms with van der Waals surface area (Å²) in [6.07, 6.45) is -0.558. The first-order valence-electron chi connectivity index (χ1n) is 7.09. The van der Waals surface area contributed by atoms with Crippen LogP contribution in [0.3, 0.4) is 0 Å². The van der Waals surface area contributed by atoms with Crippen molar-refractivity contribution in [2.45, 2.75) is 9.90 Å². The molecule has 0 spiro atoms. The number of halogens is 5. The van der Waals surface area contributed by atoms with Crippen LogP contribution in [0, 0.1) is 0 Å². The number of esters is 1. The molecule has 8 heteroatoms. The monoisotopic (exact) mass is 440 g/mol. The molecule has 2 aromatic carbocycles. The highest BCUT2D eigenvalue weighted by atomic mass is 35.6. The highest BCUT2D eigenvalue weighted by molar-refractivity contribution is 6.67. The van der Waals surface area contributed by atoms with Crippen LogP contribution < -0.4 is 0 Å². The van der Waals surface area contributed by atoms with Gasteiger partial charge in [0.2, 0.25) is 3.79 Å². The van der Waals surface area contributed by atoms with Gasteiger partial charge in [-0.05, 0) is 29.3 Å². The van der Waals surface area contributed by atoms with Crippen molar-refractivity contribution >= 4 is 64.0 Å². The second-order valence-corrected chi connectivity index (χ2v) is 8.47. The third-order valence-corrected chi connectivity index (χ3v) is 3.82. The average Bonchev–Trinajstić information content (AvgIpc) is 2.52. The van der Waals surface area contributed by atoms with Gasteiger partial charge < -0.3 is 9.47 Å². The van der Waals surface area contributed by atoms with Crippen LogP contribution >= 0.6 is 58.0 Å². The zero-order chi connectivity index (χ0) is 18.4. The van der Waals surface area contributed by atoms with E-state index in [9.17, 15) is 4.79 Å². The normalized spacial score (nSPS) is 12.7. The molecule has 0 amide bonds. The van der Waals surface area contributed by atoms with Crippen LogP contribution in [0.2, 0.25) is 10.0 Å². The van der Waals surface area contributed by atoms with Crippen LogP contribution in [0.1, 0.15) is 17.2 Å². The van der Waals surface area contributed by atoms with E-state index in [4.69, 9.17) is 67.5 Å². The van der Waals surface area contributed by atoms with Gasteiger partial charge in [0.05, 0.1) is 0 Å². The summed E-state index contributed by atoms with van der Waals surface area (Å²) >= 11 is 28.8. The Hall–Kier alpha value is -0.680. The lowest BCUT2D eigenvalue weighted by Crippen LogP contribution is -2.21. The number of ether oxygens (including phenoxy) is 2. The Kier molecular flexibility index (Phi) is 7.68. The molecule has 0 saturated heterocycles. The summed E-state index contributed by atoms with van der Waals surface area (Å²) in [4.78, 5) is 11.8. The summed E-state index contributed by atoms with van der Waals surface area (Å²) in [6.45, 7) is -0.691. The fraction of sp³-hybridized carbons (Fsp3) is 0.235. The van der Waals surface area contributed by atoms with Gasteiger partial charge >= 0.3 is 5.97 Å². The predicted octanol–water partition coefficient (Wildman–Crippen LogP) is 6.01. The number of hydrogen-bond acceptors (Lipinski definition) is 3. The largest absolute Gasteiger partial charge is 0.459 e. The van der Waals surface area contributed by atoms with Gasteiger partial charge in [0.25, 0.3) is 0 Å². The summed E-state index contributed by atoms with van der Waals surface area (Å²) < 4.78 is 8.92. The number of hydrogen-bond donors (Lipinski definition) is 0. The van der Waals surface area contributed by atoms with Crippen LogP contribution in [-0.2, 0) is 14.3 Å². The van der Waals surface area contributed by atoms with Gasteiger partial charge in [0.15, 0.2) is 0 Å². The minimum absolute atomic E-state index is 0.329. The molecule has 3 nitrogen and oxygen atoms in total. The van der Waals surface area contributed by atoms with Crippen molar-refractivity contribution in [2.24, 2.45) is 0 Å². The lowest BCUT2D eigenvalue weighted by molar-refractivity contribution is -0.150. The van der Waals surface area contributed by atoms with Gasteiger partial charge in [-0.3, -0.25) is 0 Å². The van der Waals surface area contributed by atoms with Crippen molar-refractivity contribution in [3.63, 3.8) is 0 Å². The third-order valence-electron chi connectivity index (χ3n) is 3.05. The number of carbonyl (C=O) groups excluding carboxylic acids is 1. The maximum atomic E-state index is 11.8. The highest BCUT2D eigenvalue weighted by Gasteiger charge is 2.23. The molecule has 0 radical (unpaired) electrons. The van der Waals surface area contributed by atoms with E-state index < -0.39 is 15.9 Å². The molecule has 2 aromatic rings. The lowest BCUT2D eigenvalue weighted by atomic mass is 10.0. The second kappa shape index (κ2) is 9.31. The maximum Gasteiger partial charge on any atom is 0.332 e. The Balaban J connectivity index is 2.15. The van der Waals surface area contributed by atoms with Crippen molar-refractivity contribution in [2.75, 3.05) is 13.2 Å². The molecule has 2 rings (SSSR count). The standard InChI is InChI=1S/C17H13Cl5O3/c18-13-6-12(7-14(19)8-13)16(11-4-2-1-3-5-11)24-9-15(23)25-10-17(20,21)22/h1-8,16H,9-10H2. The molecule has 1 unspecified atom stereocenters.